The Morgan fingerprint density at radius 1 is 1.12 bits per heavy atom. The van der Waals surface area contributed by atoms with Crippen LogP contribution in [0.5, 0.6) is 0 Å². The van der Waals surface area contributed by atoms with Crippen molar-refractivity contribution in [1.82, 2.24) is 4.98 Å². The average Bonchev–Trinajstić information content (AvgIpc) is 2.77. The summed E-state index contributed by atoms with van der Waals surface area (Å²) in [6, 6.07) is 15.1. The van der Waals surface area contributed by atoms with E-state index in [1.54, 1.807) is 31.2 Å². The number of benzene rings is 2. The van der Waals surface area contributed by atoms with Gasteiger partial charge in [0.1, 0.15) is 18.4 Å². The van der Waals surface area contributed by atoms with E-state index in [9.17, 15) is 14.9 Å². The summed E-state index contributed by atoms with van der Waals surface area (Å²) in [5.41, 5.74) is 3.50. The maximum Gasteiger partial charge on any atom is 0.212 e. The van der Waals surface area contributed by atoms with Crippen LogP contribution in [0, 0.1) is 29.3 Å². The van der Waals surface area contributed by atoms with E-state index in [0.29, 0.717) is 44.4 Å². The standard InChI is InChI=1S/C23H16Cl2FN5O/c1-13-3-2-4-17(31(13)32)12-28-16-7-18-22(30-15-5-6-21(26)19(24)8-15)14(10-27)11-29-23(18)20(25)9-16/h2-9,11,28H,12H2,1H3,(H,29,30). The molecule has 9 heteroatoms. The normalized spacial score (nSPS) is 10.7. The molecule has 0 aliphatic heterocycles. The number of aryl methyl sites for hydroxylation is 1. The topological polar surface area (TPSA) is 87.7 Å². The summed E-state index contributed by atoms with van der Waals surface area (Å²) in [6.45, 7) is 2.01. The number of nitrogens with zero attached hydrogens (tertiary/aromatic N) is 3. The highest BCUT2D eigenvalue weighted by Crippen LogP contribution is 2.35. The number of rotatable bonds is 5. The molecule has 160 valence electrons. The van der Waals surface area contributed by atoms with Crippen LogP contribution < -0.4 is 15.4 Å². The third-order valence-corrected chi connectivity index (χ3v) is 5.49. The monoisotopic (exact) mass is 467 g/mol. The molecule has 0 saturated heterocycles. The van der Waals surface area contributed by atoms with Gasteiger partial charge < -0.3 is 15.8 Å². The number of hydrogen-bond acceptors (Lipinski definition) is 5. The molecule has 2 heterocycles. The smallest absolute Gasteiger partial charge is 0.212 e. The molecule has 2 aromatic carbocycles. The average molecular weight is 468 g/mol. The van der Waals surface area contributed by atoms with Gasteiger partial charge in [0.2, 0.25) is 5.69 Å². The zero-order valence-corrected chi connectivity index (χ0v) is 18.3. The van der Waals surface area contributed by atoms with Gasteiger partial charge >= 0.3 is 0 Å². The highest BCUT2D eigenvalue weighted by Gasteiger charge is 2.15. The van der Waals surface area contributed by atoms with Crippen molar-refractivity contribution in [3.8, 4) is 6.07 Å². The predicted octanol–water partition coefficient (Wildman–Crippen LogP) is 5.85. The predicted molar refractivity (Wildman–Crippen MR) is 124 cm³/mol. The number of nitriles is 1. The molecule has 0 spiro atoms. The van der Waals surface area contributed by atoms with E-state index in [4.69, 9.17) is 23.2 Å². The Morgan fingerprint density at radius 2 is 1.91 bits per heavy atom. The largest absolute Gasteiger partial charge is 0.618 e. The van der Waals surface area contributed by atoms with E-state index in [1.165, 1.54) is 24.4 Å². The number of aromatic nitrogens is 2. The molecule has 2 aromatic heterocycles. The molecule has 6 nitrogen and oxygen atoms in total. The number of hydrogen-bond donors (Lipinski definition) is 2. The molecule has 0 radical (unpaired) electrons. The Balaban J connectivity index is 1.75. The van der Waals surface area contributed by atoms with Gasteiger partial charge in [0, 0.05) is 42.0 Å². The summed E-state index contributed by atoms with van der Waals surface area (Å²) in [5.74, 6) is -0.543. The van der Waals surface area contributed by atoms with Crippen LogP contribution in [0.2, 0.25) is 10.0 Å². The van der Waals surface area contributed by atoms with Gasteiger partial charge in [-0.05, 0) is 36.4 Å². The second-order valence-corrected chi connectivity index (χ2v) is 7.89. The molecule has 0 aliphatic rings. The minimum absolute atomic E-state index is 0.0451. The molecule has 4 rings (SSSR count). The van der Waals surface area contributed by atoms with Crippen LogP contribution in [0.25, 0.3) is 10.9 Å². The summed E-state index contributed by atoms with van der Waals surface area (Å²) >= 11 is 12.4. The fraction of sp³-hybridized carbons (Fsp3) is 0.0870. The summed E-state index contributed by atoms with van der Waals surface area (Å²) in [7, 11) is 0. The molecule has 0 fully saturated rings. The van der Waals surface area contributed by atoms with Crippen molar-refractivity contribution in [2.75, 3.05) is 10.6 Å². The first-order valence-electron chi connectivity index (χ1n) is 9.53. The number of halogens is 3. The van der Waals surface area contributed by atoms with Crippen LogP contribution in [0.15, 0.2) is 54.7 Å². The Hall–Kier alpha value is -3.60. The van der Waals surface area contributed by atoms with Crippen molar-refractivity contribution in [3.63, 3.8) is 0 Å². The molecule has 0 bridgehead atoms. The van der Waals surface area contributed by atoms with E-state index < -0.39 is 5.82 Å². The molecule has 4 aromatic rings. The molecule has 0 aliphatic carbocycles. The second kappa shape index (κ2) is 8.87. The Kier molecular flexibility index (Phi) is 5.99. The van der Waals surface area contributed by atoms with Crippen molar-refractivity contribution >= 4 is 51.2 Å². The van der Waals surface area contributed by atoms with Crippen molar-refractivity contribution in [2.45, 2.75) is 13.5 Å². The Bertz CT molecular complexity index is 1390. The first-order chi connectivity index (χ1) is 15.4. The van der Waals surface area contributed by atoms with Gasteiger partial charge in [-0.3, -0.25) is 4.98 Å². The molecule has 0 unspecified atom stereocenters. The number of anilines is 3. The van der Waals surface area contributed by atoms with Crippen LogP contribution in [0.1, 0.15) is 17.0 Å². The van der Waals surface area contributed by atoms with Crippen LogP contribution >= 0.6 is 23.2 Å². The van der Waals surface area contributed by atoms with Gasteiger partial charge in [-0.15, -0.1) is 0 Å². The summed E-state index contributed by atoms with van der Waals surface area (Å²) < 4.78 is 14.4. The third-order valence-electron chi connectivity index (χ3n) is 4.92. The summed E-state index contributed by atoms with van der Waals surface area (Å²) in [5, 5.41) is 29.0. The zero-order valence-electron chi connectivity index (χ0n) is 16.8. The number of fused-ring (bicyclic) bond motifs is 1. The fourth-order valence-electron chi connectivity index (χ4n) is 3.28. The highest BCUT2D eigenvalue weighted by atomic mass is 35.5. The third kappa shape index (κ3) is 4.24. The lowest BCUT2D eigenvalue weighted by Crippen LogP contribution is -2.36. The highest BCUT2D eigenvalue weighted by molar-refractivity contribution is 6.36. The molecular weight excluding hydrogens is 452 g/mol. The molecule has 2 N–H and O–H groups in total. The Labute approximate surface area is 193 Å². The van der Waals surface area contributed by atoms with Crippen molar-refractivity contribution < 1.29 is 9.12 Å². The SMILES string of the molecule is Cc1cccc(CNc2cc(Cl)c3ncc(C#N)c(Nc4ccc(F)c(Cl)c4)c3c2)[n+]1[O-]. The Morgan fingerprint density at radius 3 is 2.66 bits per heavy atom. The van der Waals surface area contributed by atoms with Crippen LogP contribution in [-0.4, -0.2) is 4.98 Å². The molecule has 0 amide bonds. The second-order valence-electron chi connectivity index (χ2n) is 7.07. The van der Waals surface area contributed by atoms with Gasteiger partial charge in [0.05, 0.1) is 26.8 Å². The minimum Gasteiger partial charge on any atom is -0.618 e. The van der Waals surface area contributed by atoms with Crippen LogP contribution in [-0.2, 0) is 6.54 Å². The van der Waals surface area contributed by atoms with E-state index in [-0.39, 0.29) is 17.1 Å². The minimum atomic E-state index is -0.543. The maximum atomic E-state index is 13.5. The van der Waals surface area contributed by atoms with E-state index >= 15 is 0 Å². The lowest BCUT2D eigenvalue weighted by molar-refractivity contribution is -0.620. The number of nitrogens with one attached hydrogen (secondary N) is 2. The summed E-state index contributed by atoms with van der Waals surface area (Å²) in [4.78, 5) is 4.31. The maximum absolute atomic E-state index is 13.5. The number of pyridine rings is 2. The first kappa shape index (κ1) is 21.6. The summed E-state index contributed by atoms with van der Waals surface area (Å²) in [6.07, 6.45) is 1.42. The van der Waals surface area contributed by atoms with Gasteiger partial charge in [-0.25, -0.2) is 4.39 Å². The first-order valence-corrected chi connectivity index (χ1v) is 10.3. The van der Waals surface area contributed by atoms with Crippen molar-refractivity contribution in [2.24, 2.45) is 0 Å². The van der Waals surface area contributed by atoms with Crippen LogP contribution in [0.4, 0.5) is 21.5 Å². The van der Waals surface area contributed by atoms with Gasteiger partial charge in [0.15, 0.2) is 5.69 Å². The van der Waals surface area contributed by atoms with Crippen molar-refractivity contribution in [1.29, 1.82) is 5.26 Å². The molecule has 0 atom stereocenters. The van der Waals surface area contributed by atoms with Gasteiger partial charge in [-0.1, -0.05) is 23.2 Å². The molecular formula is C23H16Cl2FN5O. The zero-order chi connectivity index (χ0) is 22.8. The van der Waals surface area contributed by atoms with Gasteiger partial charge in [0.25, 0.3) is 0 Å². The lowest BCUT2D eigenvalue weighted by atomic mass is 10.1. The fourth-order valence-corrected chi connectivity index (χ4v) is 3.73. The van der Waals surface area contributed by atoms with Gasteiger partial charge in [-0.2, -0.15) is 9.99 Å². The van der Waals surface area contributed by atoms with Crippen molar-refractivity contribution in [3.05, 3.63) is 92.7 Å². The molecule has 32 heavy (non-hydrogen) atoms. The van der Waals surface area contributed by atoms with Crippen LogP contribution in [0.3, 0.4) is 0 Å². The lowest BCUT2D eigenvalue weighted by Gasteiger charge is -2.15. The van der Waals surface area contributed by atoms with E-state index in [2.05, 4.69) is 21.7 Å². The molecule has 0 saturated carbocycles. The quantitative estimate of drug-likeness (QED) is 0.284. The van der Waals surface area contributed by atoms with E-state index in [0.717, 1.165) is 4.73 Å². The van der Waals surface area contributed by atoms with E-state index in [1.807, 2.05) is 6.07 Å².